The number of carbonyl (C=O) groups excluding carboxylic acids is 2. The Balaban J connectivity index is 1.59. The fraction of sp³-hybridized carbons (Fsp3) is 0.304. The second kappa shape index (κ2) is 10.8. The molecule has 168 valence electrons. The van der Waals surface area contributed by atoms with E-state index >= 15 is 0 Å². The zero-order valence-corrected chi connectivity index (χ0v) is 19.5. The zero-order chi connectivity index (χ0) is 23.1. The molecule has 0 saturated heterocycles. The van der Waals surface area contributed by atoms with Crippen molar-refractivity contribution in [3.05, 3.63) is 59.4 Å². The maximum atomic E-state index is 12.5. The van der Waals surface area contributed by atoms with Gasteiger partial charge in [0, 0.05) is 24.0 Å². The van der Waals surface area contributed by atoms with Crippen LogP contribution < -0.4 is 15.4 Å². The van der Waals surface area contributed by atoms with Gasteiger partial charge in [0.1, 0.15) is 11.6 Å². The van der Waals surface area contributed by atoms with Crippen LogP contribution in [0, 0.1) is 13.8 Å². The lowest BCUT2D eigenvalue weighted by atomic mass is 10.1. The summed E-state index contributed by atoms with van der Waals surface area (Å²) in [7, 11) is 1.58. The summed E-state index contributed by atoms with van der Waals surface area (Å²) in [6.45, 7) is 6.49. The Morgan fingerprint density at radius 2 is 1.88 bits per heavy atom. The highest BCUT2D eigenvalue weighted by atomic mass is 32.2. The van der Waals surface area contributed by atoms with Gasteiger partial charge in [-0.2, -0.15) is 0 Å². The van der Waals surface area contributed by atoms with E-state index < -0.39 is 0 Å². The number of hydrogen-bond acceptors (Lipinski definition) is 6. The van der Waals surface area contributed by atoms with Crippen LogP contribution >= 0.6 is 11.8 Å². The Bertz CT molecular complexity index is 1110. The third-order valence-electron chi connectivity index (χ3n) is 4.78. The average molecular weight is 454 g/mol. The van der Waals surface area contributed by atoms with Crippen molar-refractivity contribution >= 4 is 35.0 Å². The maximum absolute atomic E-state index is 12.5. The molecule has 0 unspecified atom stereocenters. The Kier molecular flexibility index (Phi) is 7.88. The number of aromatic nitrogens is 3. The zero-order valence-electron chi connectivity index (χ0n) is 18.6. The number of anilines is 2. The highest BCUT2D eigenvalue weighted by Gasteiger charge is 2.16. The second-order valence-corrected chi connectivity index (χ2v) is 8.20. The first-order valence-electron chi connectivity index (χ1n) is 10.3. The summed E-state index contributed by atoms with van der Waals surface area (Å²) in [4.78, 5) is 24.9. The van der Waals surface area contributed by atoms with Gasteiger partial charge in [-0.1, -0.05) is 30.0 Å². The van der Waals surface area contributed by atoms with Crippen molar-refractivity contribution in [2.75, 3.05) is 23.5 Å². The Hall–Kier alpha value is -3.33. The molecule has 0 aliphatic heterocycles. The van der Waals surface area contributed by atoms with Crippen LogP contribution in [0.3, 0.4) is 0 Å². The number of aryl methyl sites for hydroxylation is 2. The first-order valence-corrected chi connectivity index (χ1v) is 11.2. The third-order valence-corrected chi connectivity index (χ3v) is 5.75. The lowest BCUT2D eigenvalue weighted by Crippen LogP contribution is -2.18. The van der Waals surface area contributed by atoms with Crippen molar-refractivity contribution in [2.45, 2.75) is 38.9 Å². The molecule has 1 aromatic heterocycles. The van der Waals surface area contributed by atoms with Crippen molar-refractivity contribution in [2.24, 2.45) is 0 Å². The smallest absolute Gasteiger partial charge is 0.234 e. The number of ether oxygens (including phenoxy) is 1. The highest BCUT2D eigenvalue weighted by molar-refractivity contribution is 7.99. The Morgan fingerprint density at radius 1 is 1.06 bits per heavy atom. The molecule has 1 heterocycles. The SMILES string of the molecule is CCn1c(CC(=O)Nc2cccc(OC)c2)nnc1SCC(=O)Nc1cc(C)ccc1C. The van der Waals surface area contributed by atoms with Crippen LogP contribution in [0.5, 0.6) is 5.75 Å². The molecule has 0 aliphatic carbocycles. The van der Waals surface area contributed by atoms with Crippen LogP contribution in [0.15, 0.2) is 47.6 Å². The minimum atomic E-state index is -0.204. The summed E-state index contributed by atoms with van der Waals surface area (Å²) in [5, 5.41) is 14.7. The number of methoxy groups -OCH3 is 1. The topological polar surface area (TPSA) is 98.1 Å². The van der Waals surface area contributed by atoms with Crippen LogP contribution in [0.2, 0.25) is 0 Å². The summed E-state index contributed by atoms with van der Waals surface area (Å²) in [5.74, 6) is 1.08. The van der Waals surface area contributed by atoms with E-state index in [2.05, 4.69) is 20.8 Å². The van der Waals surface area contributed by atoms with Crippen LogP contribution in [0.4, 0.5) is 11.4 Å². The van der Waals surface area contributed by atoms with E-state index in [9.17, 15) is 9.59 Å². The summed E-state index contributed by atoms with van der Waals surface area (Å²) in [6.07, 6.45) is 0.0767. The summed E-state index contributed by atoms with van der Waals surface area (Å²) < 4.78 is 7.03. The van der Waals surface area contributed by atoms with Crippen LogP contribution in [-0.2, 0) is 22.6 Å². The molecule has 2 N–H and O–H groups in total. The van der Waals surface area contributed by atoms with E-state index in [0.29, 0.717) is 29.0 Å². The number of amides is 2. The van der Waals surface area contributed by atoms with Gasteiger partial charge in [-0.05, 0) is 50.1 Å². The molecule has 0 spiro atoms. The lowest BCUT2D eigenvalue weighted by molar-refractivity contribution is -0.116. The Morgan fingerprint density at radius 3 is 2.62 bits per heavy atom. The molecule has 0 bridgehead atoms. The molecule has 0 radical (unpaired) electrons. The van der Waals surface area contributed by atoms with E-state index in [0.717, 1.165) is 16.8 Å². The van der Waals surface area contributed by atoms with Gasteiger partial charge in [0.15, 0.2) is 5.16 Å². The molecular weight excluding hydrogens is 426 g/mol. The summed E-state index contributed by atoms with van der Waals surface area (Å²) >= 11 is 1.29. The van der Waals surface area contributed by atoms with E-state index in [1.807, 2.05) is 49.6 Å². The monoisotopic (exact) mass is 453 g/mol. The van der Waals surface area contributed by atoms with Crippen molar-refractivity contribution in [1.29, 1.82) is 0 Å². The van der Waals surface area contributed by atoms with Gasteiger partial charge in [-0.25, -0.2) is 0 Å². The first kappa shape index (κ1) is 23.3. The summed E-state index contributed by atoms with van der Waals surface area (Å²) in [6, 6.07) is 13.1. The van der Waals surface area contributed by atoms with Gasteiger partial charge in [-0.15, -0.1) is 10.2 Å². The van der Waals surface area contributed by atoms with Crippen LogP contribution in [0.1, 0.15) is 23.9 Å². The number of hydrogen-bond donors (Lipinski definition) is 2. The molecule has 2 amide bonds. The molecule has 3 aromatic rings. The van der Waals surface area contributed by atoms with Crippen LogP contribution in [0.25, 0.3) is 0 Å². The number of carbonyl (C=O) groups is 2. The molecular formula is C23H27N5O3S. The normalized spacial score (nSPS) is 10.6. The van der Waals surface area contributed by atoms with Crippen molar-refractivity contribution < 1.29 is 14.3 Å². The average Bonchev–Trinajstić information content (AvgIpc) is 3.16. The number of nitrogens with one attached hydrogen (secondary N) is 2. The van der Waals surface area contributed by atoms with Crippen molar-refractivity contribution in [3.8, 4) is 5.75 Å². The van der Waals surface area contributed by atoms with E-state index in [1.165, 1.54) is 11.8 Å². The predicted octanol–water partition coefficient (Wildman–Crippen LogP) is 3.84. The third kappa shape index (κ3) is 6.10. The number of benzene rings is 2. The van der Waals surface area contributed by atoms with Crippen molar-refractivity contribution in [1.82, 2.24) is 14.8 Å². The fourth-order valence-electron chi connectivity index (χ4n) is 3.11. The van der Waals surface area contributed by atoms with Gasteiger partial charge < -0.3 is 19.9 Å². The highest BCUT2D eigenvalue weighted by Crippen LogP contribution is 2.21. The van der Waals surface area contributed by atoms with Gasteiger partial charge >= 0.3 is 0 Å². The minimum Gasteiger partial charge on any atom is -0.497 e. The second-order valence-electron chi connectivity index (χ2n) is 7.26. The van der Waals surface area contributed by atoms with E-state index in [-0.39, 0.29) is 24.0 Å². The van der Waals surface area contributed by atoms with E-state index in [4.69, 9.17) is 4.74 Å². The largest absolute Gasteiger partial charge is 0.497 e. The summed E-state index contributed by atoms with van der Waals surface area (Å²) in [5.41, 5.74) is 3.55. The molecule has 3 rings (SSSR count). The maximum Gasteiger partial charge on any atom is 0.234 e. The molecule has 0 saturated carbocycles. The molecule has 9 heteroatoms. The molecule has 8 nitrogen and oxygen atoms in total. The van der Waals surface area contributed by atoms with Gasteiger partial charge in [0.2, 0.25) is 11.8 Å². The van der Waals surface area contributed by atoms with Gasteiger partial charge in [0.05, 0.1) is 19.3 Å². The molecule has 0 fully saturated rings. The standard InChI is InChI=1S/C23H27N5O3S/c1-5-28-20(13-21(29)24-17-7-6-8-18(12-17)31-4)26-27-23(28)32-14-22(30)25-19-11-15(2)9-10-16(19)3/h6-12H,5,13-14H2,1-4H3,(H,24,29)(H,25,30). The molecule has 0 atom stereocenters. The minimum absolute atomic E-state index is 0.0767. The van der Waals surface area contributed by atoms with Crippen LogP contribution in [-0.4, -0.2) is 39.4 Å². The molecule has 0 aliphatic rings. The fourth-order valence-corrected chi connectivity index (χ4v) is 3.93. The molecule has 32 heavy (non-hydrogen) atoms. The number of rotatable bonds is 9. The predicted molar refractivity (Wildman–Crippen MR) is 126 cm³/mol. The van der Waals surface area contributed by atoms with Crippen molar-refractivity contribution in [3.63, 3.8) is 0 Å². The molecule has 2 aromatic carbocycles. The Labute approximate surface area is 191 Å². The van der Waals surface area contributed by atoms with Gasteiger partial charge in [-0.3, -0.25) is 9.59 Å². The van der Waals surface area contributed by atoms with E-state index in [1.54, 1.807) is 25.3 Å². The quantitative estimate of drug-likeness (QED) is 0.478. The number of nitrogens with zero attached hydrogens (tertiary/aromatic N) is 3. The lowest BCUT2D eigenvalue weighted by Gasteiger charge is -2.10. The van der Waals surface area contributed by atoms with Gasteiger partial charge in [0.25, 0.3) is 0 Å². The number of thioether (sulfide) groups is 1. The first-order chi connectivity index (χ1) is 15.4.